The zero-order valence-corrected chi connectivity index (χ0v) is 8.88. The van der Waals surface area contributed by atoms with Gasteiger partial charge in [-0.2, -0.15) is 0 Å². The second-order valence-electron chi connectivity index (χ2n) is 3.92. The van der Waals surface area contributed by atoms with Crippen molar-refractivity contribution in [3.8, 4) is 0 Å². The van der Waals surface area contributed by atoms with Gasteiger partial charge in [0.25, 0.3) is 0 Å². The van der Waals surface area contributed by atoms with E-state index in [0.717, 1.165) is 0 Å². The lowest BCUT2D eigenvalue weighted by atomic mass is 10.1. The van der Waals surface area contributed by atoms with Crippen LogP contribution in [0.25, 0.3) is 0 Å². The second-order valence-corrected chi connectivity index (χ2v) is 3.92. The van der Waals surface area contributed by atoms with E-state index in [1.807, 2.05) is 0 Å². The molecule has 1 aliphatic heterocycles. The van der Waals surface area contributed by atoms with Crippen LogP contribution in [0, 0.1) is 0 Å². The van der Waals surface area contributed by atoms with E-state index in [2.05, 4.69) is 10.6 Å². The number of rotatable bonds is 4. The molecule has 0 unspecified atom stereocenters. The van der Waals surface area contributed by atoms with Crippen LogP contribution in [0.2, 0.25) is 0 Å². The highest BCUT2D eigenvalue weighted by Crippen LogP contribution is 2.07. The fourth-order valence-corrected chi connectivity index (χ4v) is 1.56. The molecule has 1 fully saturated rings. The maximum atomic E-state index is 11.6. The van der Waals surface area contributed by atoms with Crippen molar-refractivity contribution in [2.45, 2.75) is 37.6 Å². The van der Waals surface area contributed by atoms with Crippen molar-refractivity contribution in [1.29, 1.82) is 0 Å². The van der Waals surface area contributed by atoms with Crippen molar-refractivity contribution in [3.63, 3.8) is 0 Å². The summed E-state index contributed by atoms with van der Waals surface area (Å²) in [6.07, 6.45) is -1.52. The molecule has 1 amide bonds. The van der Waals surface area contributed by atoms with Gasteiger partial charge in [0.2, 0.25) is 5.91 Å². The van der Waals surface area contributed by atoms with E-state index in [9.17, 15) is 14.7 Å². The van der Waals surface area contributed by atoms with Crippen molar-refractivity contribution < 1.29 is 24.9 Å². The maximum absolute atomic E-state index is 11.6. The highest BCUT2D eigenvalue weighted by molar-refractivity contribution is 5.87. The summed E-state index contributed by atoms with van der Waals surface area (Å²) < 4.78 is 0. The number of amides is 1. The predicted molar refractivity (Wildman–Crippen MR) is 53.7 cm³/mol. The number of hydrogen-bond donors (Lipinski definition) is 5. The summed E-state index contributed by atoms with van der Waals surface area (Å²) in [6, 6.07) is -1.93. The van der Waals surface area contributed by atoms with E-state index in [1.165, 1.54) is 6.92 Å². The third-order valence-electron chi connectivity index (χ3n) is 2.47. The maximum Gasteiger partial charge on any atom is 0.328 e. The number of carboxylic acid groups (broad SMARTS) is 1. The SMILES string of the molecule is C[C@@H](O)[C@H](NC(=O)[C@@H]1C[C@@H](O)CN1)C(=O)O. The highest BCUT2D eigenvalue weighted by Gasteiger charge is 2.32. The van der Waals surface area contributed by atoms with Crippen LogP contribution in [0.5, 0.6) is 0 Å². The summed E-state index contributed by atoms with van der Waals surface area (Å²) in [6.45, 7) is 1.60. The number of aliphatic hydroxyl groups is 2. The number of β-amino-alcohol motifs (C(OH)–C–C–N with tert-alkyl or cyclic N) is 1. The lowest BCUT2D eigenvalue weighted by molar-refractivity contribution is -0.145. The van der Waals surface area contributed by atoms with Gasteiger partial charge in [0, 0.05) is 6.54 Å². The molecule has 0 aromatic rings. The molecule has 0 bridgehead atoms. The molecule has 92 valence electrons. The summed E-state index contributed by atoms with van der Waals surface area (Å²) in [4.78, 5) is 22.3. The fourth-order valence-electron chi connectivity index (χ4n) is 1.56. The number of aliphatic carboxylic acids is 1. The van der Waals surface area contributed by atoms with Crippen LogP contribution >= 0.6 is 0 Å². The second kappa shape index (κ2) is 5.24. The smallest absolute Gasteiger partial charge is 0.328 e. The van der Waals surface area contributed by atoms with Gasteiger partial charge in [-0.25, -0.2) is 4.79 Å². The molecule has 4 atom stereocenters. The standard InChI is InChI=1S/C9H16N2O5/c1-4(12)7(9(15)16)11-8(14)6-2-5(13)3-10-6/h4-7,10,12-13H,2-3H2,1H3,(H,11,14)(H,15,16)/t4-,5-,6+,7+/m1/s1. The molecule has 0 spiro atoms. The van der Waals surface area contributed by atoms with Crippen molar-refractivity contribution in [2.75, 3.05) is 6.54 Å². The molecule has 7 heteroatoms. The summed E-state index contributed by atoms with van der Waals surface area (Å²) in [5.74, 6) is -1.81. The number of carboxylic acids is 1. The third kappa shape index (κ3) is 3.16. The minimum absolute atomic E-state index is 0.248. The van der Waals surface area contributed by atoms with Crippen LogP contribution in [0.3, 0.4) is 0 Å². The van der Waals surface area contributed by atoms with Gasteiger partial charge in [0.1, 0.15) is 0 Å². The van der Waals surface area contributed by atoms with E-state index in [1.54, 1.807) is 0 Å². The molecule has 1 saturated heterocycles. The van der Waals surface area contributed by atoms with Gasteiger partial charge in [-0.15, -0.1) is 0 Å². The molecule has 1 rings (SSSR count). The Balaban J connectivity index is 2.52. The van der Waals surface area contributed by atoms with Gasteiger partial charge in [-0.1, -0.05) is 0 Å². The number of nitrogens with one attached hydrogen (secondary N) is 2. The zero-order valence-electron chi connectivity index (χ0n) is 8.88. The Kier molecular flexibility index (Phi) is 4.22. The minimum atomic E-state index is -1.33. The number of aliphatic hydroxyl groups excluding tert-OH is 2. The molecule has 1 aliphatic rings. The summed E-state index contributed by atoms with van der Waals surface area (Å²) in [5.41, 5.74) is 0. The summed E-state index contributed by atoms with van der Waals surface area (Å²) in [5, 5.41) is 32.1. The summed E-state index contributed by atoms with van der Waals surface area (Å²) in [7, 11) is 0. The largest absolute Gasteiger partial charge is 0.480 e. The summed E-state index contributed by atoms with van der Waals surface area (Å²) >= 11 is 0. The number of carbonyl (C=O) groups is 2. The van der Waals surface area contributed by atoms with Crippen LogP contribution in [0.15, 0.2) is 0 Å². The Morgan fingerprint density at radius 2 is 2.12 bits per heavy atom. The van der Waals surface area contributed by atoms with E-state index < -0.39 is 36.2 Å². The molecule has 5 N–H and O–H groups in total. The van der Waals surface area contributed by atoms with Gasteiger partial charge in [0.15, 0.2) is 6.04 Å². The Labute approximate surface area is 92.5 Å². The quantitative estimate of drug-likeness (QED) is 0.370. The molecule has 0 aromatic carbocycles. The average Bonchev–Trinajstić information content (AvgIpc) is 2.59. The first-order valence-electron chi connectivity index (χ1n) is 5.04. The monoisotopic (exact) mass is 232 g/mol. The van der Waals surface area contributed by atoms with Crippen LogP contribution in [0.1, 0.15) is 13.3 Å². The average molecular weight is 232 g/mol. The Hall–Kier alpha value is -1.18. The molecule has 0 aliphatic carbocycles. The molecule has 0 saturated carbocycles. The Bertz CT molecular complexity index is 281. The number of carbonyl (C=O) groups excluding carboxylic acids is 1. The first-order chi connectivity index (χ1) is 7.41. The molecular formula is C9H16N2O5. The molecule has 1 heterocycles. The van der Waals surface area contributed by atoms with Gasteiger partial charge < -0.3 is 26.0 Å². The first kappa shape index (κ1) is 12.9. The molecule has 0 radical (unpaired) electrons. The Morgan fingerprint density at radius 1 is 1.50 bits per heavy atom. The van der Waals surface area contributed by atoms with E-state index in [0.29, 0.717) is 6.54 Å². The van der Waals surface area contributed by atoms with Gasteiger partial charge in [0.05, 0.1) is 18.2 Å². The molecular weight excluding hydrogens is 216 g/mol. The predicted octanol–water partition coefficient (Wildman–Crippen LogP) is -2.34. The fraction of sp³-hybridized carbons (Fsp3) is 0.778. The molecule has 7 nitrogen and oxygen atoms in total. The highest BCUT2D eigenvalue weighted by atomic mass is 16.4. The Morgan fingerprint density at radius 3 is 2.50 bits per heavy atom. The minimum Gasteiger partial charge on any atom is -0.480 e. The number of hydrogen-bond acceptors (Lipinski definition) is 5. The van der Waals surface area contributed by atoms with Crippen LogP contribution in [-0.2, 0) is 9.59 Å². The van der Waals surface area contributed by atoms with Crippen molar-refractivity contribution in [1.82, 2.24) is 10.6 Å². The lowest BCUT2D eigenvalue weighted by Crippen LogP contribution is -2.52. The van der Waals surface area contributed by atoms with E-state index >= 15 is 0 Å². The van der Waals surface area contributed by atoms with Gasteiger partial charge in [-0.05, 0) is 13.3 Å². The van der Waals surface area contributed by atoms with Gasteiger partial charge >= 0.3 is 5.97 Å². The van der Waals surface area contributed by atoms with Crippen molar-refractivity contribution >= 4 is 11.9 Å². The lowest BCUT2D eigenvalue weighted by Gasteiger charge is -2.19. The molecule has 16 heavy (non-hydrogen) atoms. The van der Waals surface area contributed by atoms with E-state index in [-0.39, 0.29) is 6.42 Å². The van der Waals surface area contributed by atoms with Crippen molar-refractivity contribution in [3.05, 3.63) is 0 Å². The van der Waals surface area contributed by atoms with Crippen LogP contribution in [-0.4, -0.2) is 58.0 Å². The van der Waals surface area contributed by atoms with Crippen LogP contribution in [0.4, 0.5) is 0 Å². The molecule has 0 aromatic heterocycles. The normalized spacial score (nSPS) is 28.4. The van der Waals surface area contributed by atoms with Crippen molar-refractivity contribution in [2.24, 2.45) is 0 Å². The topological polar surface area (TPSA) is 119 Å². The first-order valence-corrected chi connectivity index (χ1v) is 5.04. The van der Waals surface area contributed by atoms with Gasteiger partial charge in [-0.3, -0.25) is 4.79 Å². The van der Waals surface area contributed by atoms with Crippen LogP contribution < -0.4 is 10.6 Å². The third-order valence-corrected chi connectivity index (χ3v) is 2.47. The van der Waals surface area contributed by atoms with E-state index in [4.69, 9.17) is 10.2 Å². The zero-order chi connectivity index (χ0) is 12.3.